The lowest BCUT2D eigenvalue weighted by Gasteiger charge is -2.37. The number of carboxylic acid groups (broad SMARTS) is 2. The number of carbonyl (C=O) groups is 2. The van der Waals surface area contributed by atoms with Gasteiger partial charge < -0.3 is 19.7 Å². The van der Waals surface area contributed by atoms with Crippen LogP contribution in [0.5, 0.6) is 0 Å². The van der Waals surface area contributed by atoms with Crippen LogP contribution in [0.1, 0.15) is 33.2 Å². The molecule has 37 heavy (non-hydrogen) atoms. The molecule has 4 aromatic rings. The first kappa shape index (κ1) is 24.7. The Hall–Kier alpha value is -4.01. The van der Waals surface area contributed by atoms with Crippen LogP contribution in [0, 0.1) is 0 Å². The lowest BCUT2D eigenvalue weighted by atomic mass is 10.0. The fourth-order valence-corrected chi connectivity index (χ4v) is 5.13. The van der Waals surface area contributed by atoms with Crippen molar-refractivity contribution in [2.45, 2.75) is 19.0 Å². The quantitative estimate of drug-likeness (QED) is 0.362. The van der Waals surface area contributed by atoms with Crippen molar-refractivity contribution in [3.05, 3.63) is 102 Å². The molecule has 0 bridgehead atoms. The summed E-state index contributed by atoms with van der Waals surface area (Å²) in [6.07, 6.45) is 4.55. The van der Waals surface area contributed by atoms with E-state index >= 15 is 0 Å². The highest BCUT2D eigenvalue weighted by Gasteiger charge is 2.33. The first-order chi connectivity index (χ1) is 18.0. The van der Waals surface area contributed by atoms with Crippen molar-refractivity contribution in [3.8, 4) is 0 Å². The van der Waals surface area contributed by atoms with Gasteiger partial charge in [0.15, 0.2) is 0 Å². The van der Waals surface area contributed by atoms with Gasteiger partial charge in [0.2, 0.25) is 0 Å². The number of hydrogen-bond donors (Lipinski definition) is 2. The van der Waals surface area contributed by atoms with E-state index in [1.807, 2.05) is 64.2 Å². The number of fused-ring (bicyclic) bond motifs is 1. The summed E-state index contributed by atoms with van der Waals surface area (Å²) in [5.74, 6) is -1.91. The fourth-order valence-electron chi connectivity index (χ4n) is 5.13. The number of rotatable bonds is 9. The molecule has 1 saturated heterocycles. The maximum atomic E-state index is 12.6. The minimum atomic E-state index is -1.01. The molecule has 3 heterocycles. The molecule has 0 unspecified atom stereocenters. The summed E-state index contributed by atoms with van der Waals surface area (Å²) in [5, 5.41) is 20.7. The number of piperazine rings is 1. The van der Waals surface area contributed by atoms with Crippen LogP contribution in [0.15, 0.2) is 79.1 Å². The van der Waals surface area contributed by atoms with E-state index in [4.69, 9.17) is 0 Å². The summed E-state index contributed by atoms with van der Waals surface area (Å²) >= 11 is 0. The molecule has 1 aliphatic heterocycles. The SMILES string of the molecule is O=C(O)c1ccc2c([C@@H](C(=O)O)N3CCN(CCc4ccccn4)CC3)cn(Cc3ccccc3)c2c1. The van der Waals surface area contributed by atoms with Gasteiger partial charge in [0.1, 0.15) is 6.04 Å². The molecule has 2 N–H and O–H groups in total. The monoisotopic (exact) mass is 498 g/mol. The van der Waals surface area contributed by atoms with Crippen LogP contribution in [0.25, 0.3) is 10.9 Å². The molecule has 2 aromatic heterocycles. The molecule has 1 fully saturated rings. The highest BCUT2D eigenvalue weighted by molar-refractivity contribution is 5.96. The van der Waals surface area contributed by atoms with Crippen molar-refractivity contribution in [2.24, 2.45) is 0 Å². The second-order valence-electron chi connectivity index (χ2n) is 9.42. The summed E-state index contributed by atoms with van der Waals surface area (Å²) in [6, 6.07) is 19.9. The second kappa shape index (κ2) is 10.9. The van der Waals surface area contributed by atoms with Gasteiger partial charge in [0.05, 0.1) is 5.56 Å². The topological polar surface area (TPSA) is 98.9 Å². The Labute approximate surface area is 215 Å². The molecule has 0 radical (unpaired) electrons. The van der Waals surface area contributed by atoms with Gasteiger partial charge in [-0.3, -0.25) is 14.7 Å². The normalized spacial score (nSPS) is 15.6. The van der Waals surface area contributed by atoms with Crippen LogP contribution in [-0.4, -0.2) is 74.2 Å². The standard InChI is InChI=1S/C29H30N4O4/c34-28(35)22-9-10-24-25(20-33(26(24)18-22)19-21-6-2-1-3-7-21)27(29(36)37)32-16-14-31(15-17-32)13-11-23-8-4-5-12-30-23/h1-10,12,18,20,27H,11,13-17,19H2,(H,34,35)(H,36,37)/t27-/m0/s1. The zero-order valence-corrected chi connectivity index (χ0v) is 20.5. The van der Waals surface area contributed by atoms with Gasteiger partial charge in [-0.1, -0.05) is 42.5 Å². The molecule has 190 valence electrons. The highest BCUT2D eigenvalue weighted by Crippen LogP contribution is 2.32. The smallest absolute Gasteiger partial charge is 0.335 e. The fraction of sp³-hybridized carbons (Fsp3) is 0.276. The van der Waals surface area contributed by atoms with E-state index < -0.39 is 18.0 Å². The molecule has 0 aliphatic carbocycles. The highest BCUT2D eigenvalue weighted by atomic mass is 16.4. The van der Waals surface area contributed by atoms with Crippen LogP contribution < -0.4 is 0 Å². The first-order valence-electron chi connectivity index (χ1n) is 12.5. The molecule has 8 heteroatoms. The van der Waals surface area contributed by atoms with Crippen molar-refractivity contribution < 1.29 is 19.8 Å². The summed E-state index contributed by atoms with van der Waals surface area (Å²) in [7, 11) is 0. The molecule has 5 rings (SSSR count). The predicted octanol–water partition coefficient (Wildman–Crippen LogP) is 3.77. The molecular weight excluding hydrogens is 468 g/mol. The number of nitrogens with zero attached hydrogens (tertiary/aromatic N) is 4. The van der Waals surface area contributed by atoms with E-state index in [0.717, 1.165) is 48.2 Å². The molecule has 0 saturated carbocycles. The zero-order valence-electron chi connectivity index (χ0n) is 20.5. The van der Waals surface area contributed by atoms with E-state index in [0.29, 0.717) is 25.2 Å². The zero-order chi connectivity index (χ0) is 25.8. The molecule has 0 spiro atoms. The number of carboxylic acids is 2. The third-order valence-corrected chi connectivity index (χ3v) is 7.07. The second-order valence-corrected chi connectivity index (χ2v) is 9.42. The van der Waals surface area contributed by atoms with Crippen molar-refractivity contribution in [2.75, 3.05) is 32.7 Å². The van der Waals surface area contributed by atoms with Crippen molar-refractivity contribution in [3.63, 3.8) is 0 Å². The number of benzene rings is 2. The van der Waals surface area contributed by atoms with E-state index in [1.165, 1.54) is 0 Å². The van der Waals surface area contributed by atoms with Gasteiger partial charge in [-0.05, 0) is 29.8 Å². The van der Waals surface area contributed by atoms with Gasteiger partial charge in [0.25, 0.3) is 0 Å². The Bertz CT molecular complexity index is 1380. The number of aliphatic carboxylic acids is 1. The van der Waals surface area contributed by atoms with Gasteiger partial charge in [-0.15, -0.1) is 0 Å². The van der Waals surface area contributed by atoms with Gasteiger partial charge in [-0.2, -0.15) is 0 Å². The Morgan fingerprint density at radius 3 is 2.35 bits per heavy atom. The lowest BCUT2D eigenvalue weighted by molar-refractivity contribution is -0.144. The third kappa shape index (κ3) is 5.55. The van der Waals surface area contributed by atoms with E-state index in [-0.39, 0.29) is 5.56 Å². The van der Waals surface area contributed by atoms with Crippen LogP contribution in [-0.2, 0) is 17.8 Å². The number of pyridine rings is 1. The van der Waals surface area contributed by atoms with Crippen molar-refractivity contribution in [1.82, 2.24) is 19.4 Å². The molecule has 2 aromatic carbocycles. The van der Waals surface area contributed by atoms with Crippen LogP contribution >= 0.6 is 0 Å². The number of aromatic nitrogens is 2. The molecule has 8 nitrogen and oxygen atoms in total. The van der Waals surface area contributed by atoms with Gasteiger partial charge in [0, 0.05) is 80.2 Å². The Morgan fingerprint density at radius 2 is 1.68 bits per heavy atom. The van der Waals surface area contributed by atoms with E-state index in [9.17, 15) is 19.8 Å². The maximum Gasteiger partial charge on any atom is 0.335 e. The van der Waals surface area contributed by atoms with Crippen LogP contribution in [0.3, 0.4) is 0 Å². The van der Waals surface area contributed by atoms with Crippen molar-refractivity contribution >= 4 is 22.8 Å². The largest absolute Gasteiger partial charge is 0.480 e. The average molecular weight is 499 g/mol. The average Bonchev–Trinajstić information content (AvgIpc) is 3.26. The molecule has 0 amide bonds. The Morgan fingerprint density at radius 1 is 0.919 bits per heavy atom. The van der Waals surface area contributed by atoms with Crippen molar-refractivity contribution in [1.29, 1.82) is 0 Å². The molecular formula is C29H30N4O4. The molecule has 1 atom stereocenters. The van der Waals surface area contributed by atoms with Crippen LogP contribution in [0.2, 0.25) is 0 Å². The molecule has 1 aliphatic rings. The number of hydrogen-bond acceptors (Lipinski definition) is 5. The van der Waals surface area contributed by atoms with Gasteiger partial charge in [-0.25, -0.2) is 4.79 Å². The summed E-state index contributed by atoms with van der Waals surface area (Å²) in [5.41, 5.74) is 3.71. The Balaban J connectivity index is 1.39. The van der Waals surface area contributed by atoms with E-state index in [1.54, 1.807) is 24.4 Å². The van der Waals surface area contributed by atoms with Crippen LogP contribution in [0.4, 0.5) is 0 Å². The predicted molar refractivity (Wildman–Crippen MR) is 141 cm³/mol. The minimum absolute atomic E-state index is 0.180. The lowest BCUT2D eigenvalue weighted by Crippen LogP contribution is -2.49. The Kier molecular flexibility index (Phi) is 7.30. The summed E-state index contributed by atoms with van der Waals surface area (Å²) < 4.78 is 1.96. The third-order valence-electron chi connectivity index (χ3n) is 7.07. The number of aromatic carboxylic acids is 1. The summed E-state index contributed by atoms with van der Waals surface area (Å²) in [6.45, 7) is 4.24. The summed E-state index contributed by atoms with van der Waals surface area (Å²) in [4.78, 5) is 33.0. The van der Waals surface area contributed by atoms with Gasteiger partial charge >= 0.3 is 11.9 Å². The first-order valence-corrected chi connectivity index (χ1v) is 12.5. The van der Waals surface area contributed by atoms with E-state index in [2.05, 4.69) is 9.88 Å². The maximum absolute atomic E-state index is 12.6. The minimum Gasteiger partial charge on any atom is -0.480 e.